The van der Waals surface area contributed by atoms with Gasteiger partial charge in [0.25, 0.3) is 5.91 Å². The van der Waals surface area contributed by atoms with Crippen LogP contribution in [0.4, 0.5) is 13.2 Å². The van der Waals surface area contributed by atoms with Crippen molar-refractivity contribution >= 4 is 22.6 Å². The number of carboxylic acid groups (broad SMARTS) is 1. The summed E-state index contributed by atoms with van der Waals surface area (Å²) in [6, 6.07) is 18.6. The van der Waals surface area contributed by atoms with Crippen LogP contribution in [0.2, 0.25) is 0 Å². The van der Waals surface area contributed by atoms with Gasteiger partial charge in [-0.15, -0.1) is 13.2 Å². The molecule has 3 aromatic rings. The zero-order valence-electron chi connectivity index (χ0n) is 19.4. The number of carboxylic acids is 1. The van der Waals surface area contributed by atoms with E-state index in [0.717, 1.165) is 10.8 Å². The quantitative estimate of drug-likeness (QED) is 0.235. The molecule has 0 aromatic heterocycles. The van der Waals surface area contributed by atoms with Gasteiger partial charge in [-0.3, -0.25) is 9.59 Å². The molecule has 36 heavy (non-hydrogen) atoms. The summed E-state index contributed by atoms with van der Waals surface area (Å²) in [6.45, 7) is 0.0902. The summed E-state index contributed by atoms with van der Waals surface area (Å²) in [5.41, 5.74) is 0.962. The Bertz CT molecular complexity index is 1200. The molecule has 0 unspecified atom stereocenters. The molecule has 0 bridgehead atoms. The molecule has 3 rings (SSSR count). The molecule has 0 aliphatic carbocycles. The van der Waals surface area contributed by atoms with Crippen molar-refractivity contribution in [1.82, 2.24) is 5.32 Å². The van der Waals surface area contributed by atoms with Gasteiger partial charge in [0.1, 0.15) is 18.1 Å². The Hall–Kier alpha value is -4.01. The van der Waals surface area contributed by atoms with Crippen LogP contribution >= 0.6 is 0 Å². The van der Waals surface area contributed by atoms with Crippen molar-refractivity contribution in [2.75, 3.05) is 6.61 Å². The molecule has 0 saturated carbocycles. The maximum absolute atomic E-state index is 12.9. The highest BCUT2D eigenvalue weighted by molar-refractivity contribution is 5.94. The van der Waals surface area contributed by atoms with E-state index in [1.807, 2.05) is 42.5 Å². The predicted molar refractivity (Wildman–Crippen MR) is 129 cm³/mol. The second-order valence-electron chi connectivity index (χ2n) is 8.01. The maximum Gasteiger partial charge on any atom is 0.573 e. The summed E-state index contributed by atoms with van der Waals surface area (Å²) in [6.07, 6.45) is -1.42. The fourth-order valence-corrected chi connectivity index (χ4v) is 3.50. The van der Waals surface area contributed by atoms with E-state index in [2.05, 4.69) is 10.1 Å². The number of amides is 1. The van der Waals surface area contributed by atoms with Gasteiger partial charge in [0.05, 0.1) is 5.57 Å². The number of aliphatic carboxylic acids is 1. The molecule has 1 amide bonds. The Balaban J connectivity index is 1.64. The number of alkyl halides is 3. The first-order chi connectivity index (χ1) is 17.2. The molecule has 2 N–H and O–H groups in total. The second kappa shape index (κ2) is 12.6. The smallest absolute Gasteiger partial charge is 0.488 e. The molecular weight excluding hydrogens is 475 g/mol. The normalized spacial score (nSPS) is 11.8. The molecule has 3 aromatic carbocycles. The molecule has 9 heteroatoms. The van der Waals surface area contributed by atoms with Crippen LogP contribution in [-0.2, 0) is 16.1 Å². The summed E-state index contributed by atoms with van der Waals surface area (Å²) in [4.78, 5) is 23.6. The monoisotopic (exact) mass is 501 g/mol. The van der Waals surface area contributed by atoms with Crippen LogP contribution in [0.15, 0.2) is 78.4 Å². The fraction of sp³-hybridized carbons (Fsp3) is 0.259. The Labute approximate surface area is 206 Å². The van der Waals surface area contributed by atoms with Gasteiger partial charge in [-0.1, -0.05) is 54.6 Å². The molecule has 0 aliphatic heterocycles. The number of halogens is 3. The minimum Gasteiger partial charge on any atom is -0.488 e. The van der Waals surface area contributed by atoms with Crippen LogP contribution in [-0.4, -0.2) is 30.0 Å². The number of hydrogen-bond acceptors (Lipinski definition) is 4. The number of rotatable bonds is 12. The van der Waals surface area contributed by atoms with Crippen molar-refractivity contribution in [3.63, 3.8) is 0 Å². The highest BCUT2D eigenvalue weighted by Crippen LogP contribution is 2.26. The zero-order chi connectivity index (χ0) is 26.0. The van der Waals surface area contributed by atoms with E-state index < -0.39 is 12.3 Å². The number of fused-ring (bicyclic) bond motifs is 1. The first kappa shape index (κ1) is 26.6. The van der Waals surface area contributed by atoms with Crippen LogP contribution in [0.25, 0.3) is 10.8 Å². The number of hydrogen-bond donors (Lipinski definition) is 2. The maximum atomic E-state index is 12.9. The third kappa shape index (κ3) is 8.65. The topological polar surface area (TPSA) is 84.9 Å². The van der Waals surface area contributed by atoms with E-state index in [1.54, 1.807) is 6.08 Å². The SMILES string of the molecule is O=C(O)CCCC/C=C(\COc1cccc2ccccc12)C(=O)NCc1ccc(OC(F)(F)F)cc1. The number of allylic oxidation sites excluding steroid dienone is 1. The lowest BCUT2D eigenvalue weighted by molar-refractivity contribution is -0.274. The van der Waals surface area contributed by atoms with Crippen LogP contribution in [0.1, 0.15) is 31.2 Å². The highest BCUT2D eigenvalue weighted by Gasteiger charge is 2.30. The molecule has 0 atom stereocenters. The van der Waals surface area contributed by atoms with Gasteiger partial charge in [-0.05, 0) is 48.4 Å². The molecule has 0 aliphatic rings. The van der Waals surface area contributed by atoms with Crippen molar-refractivity contribution in [3.05, 3.63) is 83.9 Å². The van der Waals surface area contributed by atoms with Crippen LogP contribution < -0.4 is 14.8 Å². The summed E-state index contributed by atoms with van der Waals surface area (Å²) >= 11 is 0. The Morgan fingerprint density at radius 1 is 0.944 bits per heavy atom. The third-order valence-electron chi connectivity index (χ3n) is 5.27. The molecule has 190 valence electrons. The van der Waals surface area contributed by atoms with E-state index in [-0.39, 0.29) is 31.2 Å². The third-order valence-corrected chi connectivity index (χ3v) is 5.27. The molecule has 0 saturated heterocycles. The minimum absolute atomic E-state index is 0.00285. The molecular formula is C27H26F3NO5. The number of carbonyl (C=O) groups excluding carboxylic acids is 1. The number of unbranched alkanes of at least 4 members (excludes halogenated alkanes) is 2. The molecule has 6 nitrogen and oxygen atoms in total. The van der Waals surface area contributed by atoms with Gasteiger partial charge in [0.2, 0.25) is 0 Å². The van der Waals surface area contributed by atoms with Crippen molar-refractivity contribution < 1.29 is 37.3 Å². The van der Waals surface area contributed by atoms with Crippen molar-refractivity contribution in [3.8, 4) is 11.5 Å². The standard InChI is InChI=1S/C27H26F3NO5/c28-27(29,30)36-22-15-13-19(14-16-22)17-31-26(34)21(8-2-1-3-12-25(32)33)18-35-24-11-6-9-20-7-4-5-10-23(20)24/h4-11,13-16H,1-3,12,17-18H2,(H,31,34)(H,32,33)/b21-8+. The summed E-state index contributed by atoms with van der Waals surface area (Å²) in [7, 11) is 0. The first-order valence-electron chi connectivity index (χ1n) is 11.4. The van der Waals surface area contributed by atoms with Gasteiger partial charge in [-0.25, -0.2) is 0 Å². The highest BCUT2D eigenvalue weighted by atomic mass is 19.4. The summed E-state index contributed by atoms with van der Waals surface area (Å²) in [5, 5.41) is 13.5. The Morgan fingerprint density at radius 3 is 2.39 bits per heavy atom. The summed E-state index contributed by atoms with van der Waals surface area (Å²) in [5.74, 6) is -0.979. The van der Waals surface area contributed by atoms with Crippen molar-refractivity contribution in [2.45, 2.75) is 38.6 Å². The van der Waals surface area contributed by atoms with Gasteiger partial charge in [0, 0.05) is 18.4 Å². The molecule has 0 radical (unpaired) electrons. The van der Waals surface area contributed by atoms with E-state index >= 15 is 0 Å². The first-order valence-corrected chi connectivity index (χ1v) is 11.4. The van der Waals surface area contributed by atoms with Crippen molar-refractivity contribution in [2.24, 2.45) is 0 Å². The van der Waals surface area contributed by atoms with Crippen LogP contribution in [0.3, 0.4) is 0 Å². The molecule has 0 heterocycles. The summed E-state index contributed by atoms with van der Waals surface area (Å²) < 4.78 is 46.8. The number of ether oxygens (including phenoxy) is 2. The van der Waals surface area contributed by atoms with Gasteiger partial charge in [-0.2, -0.15) is 0 Å². The average molecular weight is 502 g/mol. The largest absolute Gasteiger partial charge is 0.573 e. The number of nitrogens with one attached hydrogen (secondary N) is 1. The fourth-order valence-electron chi connectivity index (χ4n) is 3.50. The van der Waals surface area contributed by atoms with Gasteiger partial charge in [0.15, 0.2) is 0 Å². The van der Waals surface area contributed by atoms with E-state index in [9.17, 15) is 22.8 Å². The van der Waals surface area contributed by atoms with Crippen LogP contribution in [0, 0.1) is 0 Å². The second-order valence-corrected chi connectivity index (χ2v) is 8.01. The van der Waals surface area contributed by atoms with Gasteiger partial charge < -0.3 is 19.9 Å². The zero-order valence-corrected chi connectivity index (χ0v) is 19.4. The van der Waals surface area contributed by atoms with Gasteiger partial charge >= 0.3 is 12.3 Å². The lowest BCUT2D eigenvalue weighted by atomic mass is 10.1. The van der Waals surface area contributed by atoms with E-state index in [4.69, 9.17) is 9.84 Å². The predicted octanol–water partition coefficient (Wildman–Crippen LogP) is 6.01. The van der Waals surface area contributed by atoms with E-state index in [0.29, 0.717) is 36.1 Å². The van der Waals surface area contributed by atoms with Crippen LogP contribution in [0.5, 0.6) is 11.5 Å². The Kier molecular flexibility index (Phi) is 9.32. The number of benzene rings is 3. The Morgan fingerprint density at radius 2 is 1.67 bits per heavy atom. The van der Waals surface area contributed by atoms with E-state index in [1.165, 1.54) is 24.3 Å². The van der Waals surface area contributed by atoms with Crippen molar-refractivity contribution in [1.29, 1.82) is 0 Å². The average Bonchev–Trinajstić information content (AvgIpc) is 2.84. The minimum atomic E-state index is -4.77. The lowest BCUT2D eigenvalue weighted by Gasteiger charge is -2.13. The molecule has 0 fully saturated rings. The lowest BCUT2D eigenvalue weighted by Crippen LogP contribution is -2.27. The number of carbonyl (C=O) groups is 2. The molecule has 0 spiro atoms.